The van der Waals surface area contributed by atoms with E-state index in [1.54, 1.807) is 0 Å². The van der Waals surface area contributed by atoms with Crippen molar-refractivity contribution in [2.75, 3.05) is 39.5 Å². The lowest BCUT2D eigenvalue weighted by Gasteiger charge is -2.33. The predicted octanol–water partition coefficient (Wildman–Crippen LogP) is 1.03. The van der Waals surface area contributed by atoms with E-state index in [1.165, 1.54) is 6.42 Å². The fraction of sp³-hybridized carbons (Fsp3) is 0.941. The molecule has 1 saturated heterocycles. The molecule has 1 atom stereocenters. The zero-order chi connectivity index (χ0) is 16.6. The Hall–Kier alpha value is -0.850. The highest BCUT2D eigenvalue weighted by atomic mass is 16.5. The molecule has 2 aliphatic rings. The Morgan fingerprint density at radius 2 is 1.96 bits per heavy atom. The summed E-state index contributed by atoms with van der Waals surface area (Å²) in [5, 5.41) is 26.5. The third-order valence-electron chi connectivity index (χ3n) is 5.11. The maximum atomic E-state index is 10.6. The summed E-state index contributed by atoms with van der Waals surface area (Å²) in [4.78, 5) is 4.69. The van der Waals surface area contributed by atoms with Gasteiger partial charge in [-0.2, -0.15) is 0 Å². The lowest BCUT2D eigenvalue weighted by atomic mass is 9.84. The quantitative estimate of drug-likeness (QED) is 0.414. The molecule has 23 heavy (non-hydrogen) atoms. The second-order valence-electron chi connectivity index (χ2n) is 7.11. The summed E-state index contributed by atoms with van der Waals surface area (Å²) in [6.07, 6.45) is 6.81. The molecule has 6 heteroatoms. The number of rotatable bonds is 7. The number of hydrogen-bond acceptors (Lipinski definition) is 4. The molecule has 1 heterocycles. The zero-order valence-electron chi connectivity index (χ0n) is 14.4. The predicted molar refractivity (Wildman–Crippen MR) is 91.6 cm³/mol. The Kier molecular flexibility index (Phi) is 7.11. The maximum absolute atomic E-state index is 10.6. The van der Waals surface area contributed by atoms with E-state index in [0.29, 0.717) is 19.7 Å². The SMILES string of the molecule is CCNC(=NCC1(CCO)CCOC1)NCC1(O)CCCCC1. The topological polar surface area (TPSA) is 86.1 Å². The fourth-order valence-corrected chi connectivity index (χ4v) is 3.51. The van der Waals surface area contributed by atoms with E-state index in [0.717, 1.165) is 57.6 Å². The van der Waals surface area contributed by atoms with Crippen molar-refractivity contribution in [1.82, 2.24) is 10.6 Å². The smallest absolute Gasteiger partial charge is 0.191 e. The van der Waals surface area contributed by atoms with Gasteiger partial charge in [0, 0.05) is 31.7 Å². The number of hydrogen-bond donors (Lipinski definition) is 4. The van der Waals surface area contributed by atoms with Crippen LogP contribution >= 0.6 is 0 Å². The fourth-order valence-electron chi connectivity index (χ4n) is 3.51. The minimum absolute atomic E-state index is 0.0428. The van der Waals surface area contributed by atoms with Crippen LogP contribution in [0.3, 0.4) is 0 Å². The molecule has 0 radical (unpaired) electrons. The summed E-state index contributed by atoms with van der Waals surface area (Å²) in [5.41, 5.74) is -0.646. The standard InChI is InChI=1S/C17H33N3O3/c1-2-18-15(20-13-17(22)6-4-3-5-7-17)19-12-16(8-10-21)9-11-23-14-16/h21-22H,2-14H2,1H3,(H2,18,19,20). The summed E-state index contributed by atoms with van der Waals surface area (Å²) in [6, 6.07) is 0. The van der Waals surface area contributed by atoms with Crippen molar-refractivity contribution in [2.24, 2.45) is 10.4 Å². The van der Waals surface area contributed by atoms with Crippen molar-refractivity contribution >= 4 is 5.96 Å². The van der Waals surface area contributed by atoms with E-state index in [9.17, 15) is 10.2 Å². The number of nitrogens with zero attached hydrogens (tertiary/aromatic N) is 1. The summed E-state index contributed by atoms with van der Waals surface area (Å²) in [7, 11) is 0. The lowest BCUT2D eigenvalue weighted by molar-refractivity contribution is 0.00857. The Labute approximate surface area is 139 Å². The van der Waals surface area contributed by atoms with E-state index in [2.05, 4.69) is 10.6 Å². The average molecular weight is 327 g/mol. The van der Waals surface area contributed by atoms with Gasteiger partial charge in [0.1, 0.15) is 0 Å². The molecular formula is C17H33N3O3. The molecule has 0 amide bonds. The highest BCUT2D eigenvalue weighted by Crippen LogP contribution is 2.32. The van der Waals surface area contributed by atoms with E-state index < -0.39 is 5.60 Å². The zero-order valence-corrected chi connectivity index (χ0v) is 14.4. The van der Waals surface area contributed by atoms with Gasteiger partial charge in [0.15, 0.2) is 5.96 Å². The Bertz CT molecular complexity index is 375. The number of guanidine groups is 1. The molecule has 1 aliphatic heterocycles. The largest absolute Gasteiger partial charge is 0.396 e. The molecule has 1 aliphatic carbocycles. The van der Waals surface area contributed by atoms with Crippen LogP contribution in [-0.4, -0.2) is 61.2 Å². The van der Waals surface area contributed by atoms with Crippen LogP contribution in [0.25, 0.3) is 0 Å². The van der Waals surface area contributed by atoms with Crippen molar-refractivity contribution in [1.29, 1.82) is 0 Å². The van der Waals surface area contributed by atoms with Gasteiger partial charge in [-0.15, -0.1) is 0 Å². The summed E-state index contributed by atoms with van der Waals surface area (Å²) < 4.78 is 5.52. The first-order chi connectivity index (χ1) is 11.1. The van der Waals surface area contributed by atoms with Gasteiger partial charge in [-0.05, 0) is 32.6 Å². The van der Waals surface area contributed by atoms with Crippen LogP contribution < -0.4 is 10.6 Å². The van der Waals surface area contributed by atoms with Crippen LogP contribution in [0.15, 0.2) is 4.99 Å². The summed E-state index contributed by atoms with van der Waals surface area (Å²) in [6.45, 7) is 5.59. The van der Waals surface area contributed by atoms with Crippen LogP contribution in [0.1, 0.15) is 51.9 Å². The lowest BCUT2D eigenvalue weighted by Crippen LogP contribution is -2.48. The molecule has 1 saturated carbocycles. The molecule has 6 nitrogen and oxygen atoms in total. The second kappa shape index (κ2) is 8.85. The maximum Gasteiger partial charge on any atom is 0.191 e. The molecule has 0 aromatic carbocycles. The first-order valence-electron chi connectivity index (χ1n) is 9.05. The van der Waals surface area contributed by atoms with Gasteiger partial charge in [-0.1, -0.05) is 19.3 Å². The summed E-state index contributed by atoms with van der Waals surface area (Å²) >= 11 is 0. The van der Waals surface area contributed by atoms with Crippen LogP contribution in [0.4, 0.5) is 0 Å². The normalized spacial score (nSPS) is 27.9. The minimum atomic E-state index is -0.603. The van der Waals surface area contributed by atoms with Crippen LogP contribution in [0.5, 0.6) is 0 Å². The van der Waals surface area contributed by atoms with Crippen LogP contribution in [0.2, 0.25) is 0 Å². The second-order valence-corrected chi connectivity index (χ2v) is 7.11. The van der Waals surface area contributed by atoms with Gasteiger partial charge >= 0.3 is 0 Å². The van der Waals surface area contributed by atoms with Gasteiger partial charge in [0.2, 0.25) is 0 Å². The van der Waals surface area contributed by atoms with Gasteiger partial charge in [0.05, 0.1) is 18.8 Å². The van der Waals surface area contributed by atoms with Gasteiger partial charge in [-0.25, -0.2) is 0 Å². The molecule has 2 rings (SSSR count). The Morgan fingerprint density at radius 3 is 2.57 bits per heavy atom. The average Bonchev–Trinajstić information content (AvgIpc) is 3.00. The third-order valence-corrected chi connectivity index (χ3v) is 5.11. The van der Waals surface area contributed by atoms with E-state index in [4.69, 9.17) is 9.73 Å². The monoisotopic (exact) mass is 327 g/mol. The minimum Gasteiger partial charge on any atom is -0.396 e. The summed E-state index contributed by atoms with van der Waals surface area (Å²) in [5.74, 6) is 0.746. The molecule has 134 valence electrons. The van der Waals surface area contributed by atoms with E-state index in [-0.39, 0.29) is 12.0 Å². The number of aliphatic imine (C=N–C) groups is 1. The van der Waals surface area contributed by atoms with Crippen LogP contribution in [-0.2, 0) is 4.74 Å². The highest BCUT2D eigenvalue weighted by Gasteiger charge is 2.34. The molecule has 1 unspecified atom stereocenters. The first-order valence-corrected chi connectivity index (χ1v) is 9.05. The number of ether oxygens (including phenoxy) is 1. The Morgan fingerprint density at radius 1 is 1.17 bits per heavy atom. The Balaban J connectivity index is 1.91. The molecule has 2 fully saturated rings. The van der Waals surface area contributed by atoms with Crippen molar-refractivity contribution < 1.29 is 14.9 Å². The molecule has 0 bridgehead atoms. The van der Waals surface area contributed by atoms with Crippen molar-refractivity contribution in [3.05, 3.63) is 0 Å². The van der Waals surface area contributed by atoms with Crippen molar-refractivity contribution in [3.8, 4) is 0 Å². The third kappa shape index (κ3) is 5.62. The van der Waals surface area contributed by atoms with Crippen molar-refractivity contribution in [3.63, 3.8) is 0 Å². The first kappa shape index (κ1) is 18.5. The van der Waals surface area contributed by atoms with E-state index in [1.807, 2.05) is 6.92 Å². The van der Waals surface area contributed by atoms with E-state index >= 15 is 0 Å². The molecule has 0 aromatic heterocycles. The van der Waals surface area contributed by atoms with Crippen LogP contribution in [0, 0.1) is 5.41 Å². The van der Waals surface area contributed by atoms with Gasteiger partial charge < -0.3 is 25.6 Å². The van der Waals surface area contributed by atoms with Gasteiger partial charge in [-0.3, -0.25) is 4.99 Å². The molecular weight excluding hydrogens is 294 g/mol. The van der Waals surface area contributed by atoms with Crippen molar-refractivity contribution in [2.45, 2.75) is 57.5 Å². The molecule has 4 N–H and O–H groups in total. The van der Waals surface area contributed by atoms with Gasteiger partial charge in [0.25, 0.3) is 0 Å². The number of nitrogens with one attached hydrogen (secondary N) is 2. The molecule has 0 aromatic rings. The highest BCUT2D eigenvalue weighted by molar-refractivity contribution is 5.79. The molecule has 0 spiro atoms. The number of aliphatic hydroxyl groups excluding tert-OH is 1. The number of aliphatic hydroxyl groups is 2.